The highest BCUT2D eigenvalue weighted by Gasteiger charge is 2.52. The van der Waals surface area contributed by atoms with Crippen LogP contribution in [-0.4, -0.2) is 30.0 Å². The lowest BCUT2D eigenvalue weighted by Crippen LogP contribution is -2.44. The van der Waals surface area contributed by atoms with Crippen molar-refractivity contribution in [3.05, 3.63) is 42.5 Å². The zero-order valence-electron chi connectivity index (χ0n) is 14.1. The second-order valence-corrected chi connectivity index (χ2v) is 6.40. The summed E-state index contributed by atoms with van der Waals surface area (Å²) in [5, 5.41) is 5.79. The molecule has 25 heavy (non-hydrogen) atoms. The van der Waals surface area contributed by atoms with Crippen molar-refractivity contribution in [2.24, 2.45) is 10.7 Å². The average molecular weight is 341 g/mol. The molecule has 1 aromatic rings. The summed E-state index contributed by atoms with van der Waals surface area (Å²) in [5.41, 5.74) is 6.48. The number of aliphatic imine (C=N–C) groups is 1. The molecule has 3 rings (SSSR count). The number of carbonyl (C=O) groups excluding carboxylic acids is 2. The van der Waals surface area contributed by atoms with Gasteiger partial charge in [-0.15, -0.1) is 6.58 Å². The molecule has 3 amide bonds. The minimum Gasteiger partial charge on any atom is -0.370 e. The molecule has 1 aliphatic carbocycles. The molecule has 1 saturated heterocycles. The van der Waals surface area contributed by atoms with Crippen molar-refractivity contribution in [3.8, 4) is 0 Å². The molecule has 1 spiro atoms. The Balaban J connectivity index is 1.76. The number of guanidine groups is 1. The average Bonchev–Trinajstić information content (AvgIpc) is 3.17. The van der Waals surface area contributed by atoms with E-state index in [1.807, 2.05) is 12.1 Å². The van der Waals surface area contributed by atoms with E-state index >= 15 is 0 Å². The zero-order chi connectivity index (χ0) is 17.9. The van der Waals surface area contributed by atoms with Crippen molar-refractivity contribution in [1.82, 2.24) is 10.6 Å². The quantitative estimate of drug-likeness (QED) is 0.328. The predicted octanol–water partition coefficient (Wildman–Crippen LogP) is 1.65. The Labute approximate surface area is 147 Å². The molecule has 1 heterocycles. The Morgan fingerprint density at radius 3 is 2.88 bits per heavy atom. The van der Waals surface area contributed by atoms with Gasteiger partial charge < -0.3 is 16.4 Å². The molecule has 1 aliphatic heterocycles. The summed E-state index contributed by atoms with van der Waals surface area (Å²) >= 11 is 0. The SMILES string of the molecule is C=CCNC(N)=NCc1cccc(N2C(=O)NC3(CCCC3)C2=O)c1. The smallest absolute Gasteiger partial charge is 0.329 e. The van der Waals surface area contributed by atoms with Gasteiger partial charge in [-0.2, -0.15) is 0 Å². The highest BCUT2D eigenvalue weighted by atomic mass is 16.2. The van der Waals surface area contributed by atoms with Gasteiger partial charge in [-0.05, 0) is 30.5 Å². The number of amides is 3. The largest absolute Gasteiger partial charge is 0.370 e. The number of imide groups is 1. The van der Waals surface area contributed by atoms with E-state index in [1.54, 1.807) is 18.2 Å². The van der Waals surface area contributed by atoms with Crippen LogP contribution >= 0.6 is 0 Å². The maximum atomic E-state index is 12.8. The first-order chi connectivity index (χ1) is 12.1. The third-order valence-corrected chi connectivity index (χ3v) is 4.65. The van der Waals surface area contributed by atoms with Gasteiger partial charge in [0.05, 0.1) is 12.2 Å². The molecular weight excluding hydrogens is 318 g/mol. The third-order valence-electron chi connectivity index (χ3n) is 4.65. The van der Waals surface area contributed by atoms with Crippen LogP contribution in [0.2, 0.25) is 0 Å². The number of rotatable bonds is 5. The summed E-state index contributed by atoms with van der Waals surface area (Å²) in [6, 6.07) is 6.92. The third kappa shape index (κ3) is 3.35. The molecule has 0 radical (unpaired) electrons. The summed E-state index contributed by atoms with van der Waals surface area (Å²) in [7, 11) is 0. The summed E-state index contributed by atoms with van der Waals surface area (Å²) < 4.78 is 0. The maximum Gasteiger partial charge on any atom is 0.329 e. The van der Waals surface area contributed by atoms with E-state index < -0.39 is 5.54 Å². The van der Waals surface area contributed by atoms with Crippen molar-refractivity contribution in [2.75, 3.05) is 11.4 Å². The summed E-state index contributed by atoms with van der Waals surface area (Å²) in [4.78, 5) is 30.7. The second-order valence-electron chi connectivity index (χ2n) is 6.40. The van der Waals surface area contributed by atoms with E-state index in [9.17, 15) is 9.59 Å². The molecule has 0 atom stereocenters. The Morgan fingerprint density at radius 2 is 2.16 bits per heavy atom. The normalized spacial score (nSPS) is 19.4. The van der Waals surface area contributed by atoms with Gasteiger partial charge in [-0.1, -0.05) is 31.1 Å². The number of urea groups is 1. The number of hydrogen-bond acceptors (Lipinski definition) is 3. The predicted molar refractivity (Wildman–Crippen MR) is 97.2 cm³/mol. The molecule has 0 bridgehead atoms. The van der Waals surface area contributed by atoms with Crippen molar-refractivity contribution in [1.29, 1.82) is 0 Å². The Hall–Kier alpha value is -2.83. The first-order valence-corrected chi connectivity index (χ1v) is 8.46. The van der Waals surface area contributed by atoms with Gasteiger partial charge in [0.2, 0.25) is 0 Å². The van der Waals surface area contributed by atoms with Gasteiger partial charge in [0.25, 0.3) is 5.91 Å². The number of nitrogens with two attached hydrogens (primary N) is 1. The van der Waals surface area contributed by atoms with E-state index in [1.165, 1.54) is 4.90 Å². The fourth-order valence-electron chi connectivity index (χ4n) is 3.38. The minimum absolute atomic E-state index is 0.150. The first kappa shape index (κ1) is 17.0. The monoisotopic (exact) mass is 341 g/mol. The van der Waals surface area contributed by atoms with E-state index in [0.717, 1.165) is 18.4 Å². The summed E-state index contributed by atoms with van der Waals surface area (Å²) in [6.45, 7) is 4.50. The van der Waals surface area contributed by atoms with Crippen LogP contribution in [0.4, 0.5) is 10.5 Å². The van der Waals surface area contributed by atoms with Crippen LogP contribution in [0.15, 0.2) is 41.9 Å². The van der Waals surface area contributed by atoms with Crippen molar-refractivity contribution < 1.29 is 9.59 Å². The Bertz CT molecular complexity index is 722. The molecule has 2 aliphatic rings. The van der Waals surface area contributed by atoms with Gasteiger partial charge in [-0.3, -0.25) is 4.79 Å². The zero-order valence-corrected chi connectivity index (χ0v) is 14.1. The van der Waals surface area contributed by atoms with Crippen LogP contribution < -0.4 is 21.3 Å². The van der Waals surface area contributed by atoms with E-state index in [4.69, 9.17) is 5.73 Å². The van der Waals surface area contributed by atoms with Crippen molar-refractivity contribution in [3.63, 3.8) is 0 Å². The van der Waals surface area contributed by atoms with Crippen LogP contribution in [0, 0.1) is 0 Å². The minimum atomic E-state index is -0.704. The highest BCUT2D eigenvalue weighted by molar-refractivity contribution is 6.23. The molecule has 2 fully saturated rings. The molecule has 1 aromatic carbocycles. The Morgan fingerprint density at radius 1 is 1.40 bits per heavy atom. The first-order valence-electron chi connectivity index (χ1n) is 8.46. The molecule has 132 valence electrons. The van der Waals surface area contributed by atoms with Crippen LogP contribution in [0.1, 0.15) is 31.2 Å². The van der Waals surface area contributed by atoms with Crippen molar-refractivity contribution in [2.45, 2.75) is 37.8 Å². The lowest BCUT2D eigenvalue weighted by atomic mass is 9.98. The number of anilines is 1. The molecule has 7 nitrogen and oxygen atoms in total. The van der Waals surface area contributed by atoms with Crippen LogP contribution in [0.5, 0.6) is 0 Å². The molecule has 7 heteroatoms. The highest BCUT2D eigenvalue weighted by Crippen LogP contribution is 2.37. The van der Waals surface area contributed by atoms with E-state index in [0.29, 0.717) is 37.6 Å². The summed E-state index contributed by atoms with van der Waals surface area (Å²) in [5.74, 6) is 0.174. The van der Waals surface area contributed by atoms with Gasteiger partial charge in [0, 0.05) is 6.54 Å². The number of nitrogens with zero attached hydrogens (tertiary/aromatic N) is 2. The van der Waals surface area contributed by atoms with Crippen LogP contribution in [0.25, 0.3) is 0 Å². The fourth-order valence-corrected chi connectivity index (χ4v) is 3.38. The van der Waals surface area contributed by atoms with E-state index in [2.05, 4.69) is 22.2 Å². The molecule has 1 saturated carbocycles. The van der Waals surface area contributed by atoms with Gasteiger partial charge in [0.1, 0.15) is 5.54 Å². The molecule has 0 aromatic heterocycles. The number of carbonyl (C=O) groups is 2. The van der Waals surface area contributed by atoms with Gasteiger partial charge in [-0.25, -0.2) is 14.7 Å². The lowest BCUT2D eigenvalue weighted by Gasteiger charge is -2.20. The van der Waals surface area contributed by atoms with Gasteiger partial charge >= 0.3 is 6.03 Å². The topological polar surface area (TPSA) is 99.8 Å². The number of benzene rings is 1. The molecular formula is C18H23N5O2. The maximum absolute atomic E-state index is 12.8. The second kappa shape index (κ2) is 6.96. The van der Waals surface area contributed by atoms with Crippen LogP contribution in [-0.2, 0) is 11.3 Å². The fraction of sp³-hybridized carbons (Fsp3) is 0.389. The molecule has 4 N–H and O–H groups in total. The number of hydrogen-bond donors (Lipinski definition) is 3. The van der Waals surface area contributed by atoms with Gasteiger partial charge in [0.15, 0.2) is 5.96 Å². The van der Waals surface area contributed by atoms with E-state index in [-0.39, 0.29) is 11.9 Å². The van der Waals surface area contributed by atoms with Crippen LogP contribution in [0.3, 0.4) is 0 Å². The Kier molecular flexibility index (Phi) is 4.74. The standard InChI is InChI=1S/C18H23N5O2/c1-2-10-20-16(19)21-12-13-6-5-7-14(11-13)23-15(24)18(22-17(23)25)8-3-4-9-18/h2,5-7,11H,1,3-4,8-10,12H2,(H,22,25)(H3,19,20,21). The lowest BCUT2D eigenvalue weighted by molar-refractivity contribution is -0.121. The number of nitrogens with one attached hydrogen (secondary N) is 2. The molecule has 0 unspecified atom stereocenters. The van der Waals surface area contributed by atoms with Crippen molar-refractivity contribution >= 4 is 23.6 Å². The summed E-state index contributed by atoms with van der Waals surface area (Å²) in [6.07, 6.45) is 5.05.